The predicted octanol–water partition coefficient (Wildman–Crippen LogP) is 7.73. The Morgan fingerprint density at radius 1 is 0.729 bits per heavy atom. The molecular weight excluding hydrogens is 617 g/mol. The summed E-state index contributed by atoms with van der Waals surface area (Å²) in [5.74, 6) is 1.27. The highest BCUT2D eigenvalue weighted by molar-refractivity contribution is 6.99. The molecule has 1 aliphatic carbocycles. The summed E-state index contributed by atoms with van der Waals surface area (Å²) in [6.45, 7) is 9.57. The SMILES string of the molecule is CCOC(=O)C1(c2c(OC)cc(OC)cc2OC)C(CCCCO[Si](c2ccccc2)(c2ccccc2)C(C)(C)C)=C1c1ccccc1. The first-order valence-corrected chi connectivity index (χ1v) is 18.6. The van der Waals surface area contributed by atoms with Crippen LogP contribution in [-0.2, 0) is 19.4 Å². The number of hydrogen-bond acceptors (Lipinski definition) is 6. The third kappa shape index (κ3) is 6.29. The van der Waals surface area contributed by atoms with Gasteiger partial charge < -0.3 is 23.4 Å². The Bertz CT molecular complexity index is 1650. The third-order valence-electron chi connectivity index (χ3n) is 9.36. The topological polar surface area (TPSA) is 63.2 Å². The number of unbranched alkanes of at least 4 members (excludes halogenated alkanes) is 1. The number of rotatable bonds is 15. The average Bonchev–Trinajstić information content (AvgIpc) is 3.78. The van der Waals surface area contributed by atoms with E-state index in [1.165, 1.54) is 10.4 Å². The highest BCUT2D eigenvalue weighted by atomic mass is 28.4. The molecule has 0 heterocycles. The van der Waals surface area contributed by atoms with Crippen molar-refractivity contribution < 1.29 is 28.2 Å². The minimum Gasteiger partial charge on any atom is -0.496 e. The Morgan fingerprint density at radius 2 is 1.25 bits per heavy atom. The predicted molar refractivity (Wildman–Crippen MR) is 195 cm³/mol. The maximum atomic E-state index is 14.2. The lowest BCUT2D eigenvalue weighted by Gasteiger charge is -2.43. The van der Waals surface area contributed by atoms with E-state index in [4.69, 9.17) is 23.4 Å². The highest BCUT2D eigenvalue weighted by Crippen LogP contribution is 2.66. The van der Waals surface area contributed by atoms with Gasteiger partial charge in [0, 0.05) is 18.7 Å². The van der Waals surface area contributed by atoms with E-state index in [0.717, 1.165) is 29.6 Å². The standard InChI is InChI=1S/C41H48O6Si/c1-8-46-39(42)41(38-35(44-6)28-31(43-5)29-36(38)45-7)34(37(41)30-20-12-9-13-21-30)26-18-19-27-47-48(40(2,3)4,32-22-14-10-15-23-32)33-24-16-11-17-25-33/h9-17,20-25,28-29H,8,18-19,26-27H2,1-7H3. The maximum Gasteiger partial charge on any atom is 0.325 e. The van der Waals surface area contributed by atoms with Gasteiger partial charge in [0.05, 0.1) is 33.5 Å². The minimum absolute atomic E-state index is 0.101. The maximum absolute atomic E-state index is 14.2. The number of benzene rings is 4. The Balaban J connectivity index is 1.49. The zero-order valence-corrected chi connectivity index (χ0v) is 30.3. The lowest BCUT2D eigenvalue weighted by atomic mass is 9.83. The van der Waals surface area contributed by atoms with E-state index < -0.39 is 13.7 Å². The van der Waals surface area contributed by atoms with Gasteiger partial charge in [-0.25, -0.2) is 0 Å². The average molecular weight is 665 g/mol. The van der Waals surface area contributed by atoms with Crippen LogP contribution in [0.25, 0.3) is 5.57 Å². The molecule has 0 bridgehead atoms. The molecule has 0 aliphatic heterocycles. The van der Waals surface area contributed by atoms with E-state index in [0.29, 0.717) is 35.8 Å². The molecule has 0 N–H and O–H groups in total. The van der Waals surface area contributed by atoms with E-state index in [9.17, 15) is 4.79 Å². The molecule has 1 unspecified atom stereocenters. The van der Waals surface area contributed by atoms with Gasteiger partial charge >= 0.3 is 5.97 Å². The minimum atomic E-state index is -2.65. The van der Waals surface area contributed by atoms with Crippen LogP contribution in [0.1, 0.15) is 58.1 Å². The number of carbonyl (C=O) groups excluding carboxylic acids is 1. The number of methoxy groups -OCH3 is 3. The van der Waals surface area contributed by atoms with Gasteiger partial charge in [0.25, 0.3) is 8.32 Å². The van der Waals surface area contributed by atoms with Crippen LogP contribution in [0.5, 0.6) is 17.2 Å². The van der Waals surface area contributed by atoms with Gasteiger partial charge in [-0.2, -0.15) is 0 Å². The Hall–Kier alpha value is -4.33. The van der Waals surface area contributed by atoms with Gasteiger partial charge in [-0.3, -0.25) is 4.79 Å². The van der Waals surface area contributed by atoms with Crippen molar-refractivity contribution in [2.24, 2.45) is 0 Å². The Labute approximate surface area is 286 Å². The highest BCUT2D eigenvalue weighted by Gasteiger charge is 2.64. The third-order valence-corrected chi connectivity index (χ3v) is 14.4. The van der Waals surface area contributed by atoms with Crippen LogP contribution in [0.3, 0.4) is 0 Å². The van der Waals surface area contributed by atoms with Crippen molar-refractivity contribution in [1.82, 2.24) is 0 Å². The van der Waals surface area contributed by atoms with Gasteiger partial charge in [-0.05, 0) is 58.3 Å². The van der Waals surface area contributed by atoms with Gasteiger partial charge in [0.1, 0.15) is 22.7 Å². The van der Waals surface area contributed by atoms with Crippen LogP contribution < -0.4 is 24.6 Å². The molecule has 4 aromatic rings. The Kier molecular flexibility index (Phi) is 10.8. The molecule has 0 radical (unpaired) electrons. The van der Waals surface area contributed by atoms with Gasteiger partial charge in [0.2, 0.25) is 0 Å². The number of hydrogen-bond donors (Lipinski definition) is 0. The van der Waals surface area contributed by atoms with Crippen LogP contribution in [-0.4, -0.2) is 48.8 Å². The lowest BCUT2D eigenvalue weighted by molar-refractivity contribution is -0.145. The first-order chi connectivity index (χ1) is 23.2. The van der Waals surface area contributed by atoms with Crippen LogP contribution in [0, 0.1) is 0 Å². The van der Waals surface area contributed by atoms with Crippen molar-refractivity contribution in [3.63, 3.8) is 0 Å². The van der Waals surface area contributed by atoms with Gasteiger partial charge in [-0.15, -0.1) is 0 Å². The monoisotopic (exact) mass is 664 g/mol. The lowest BCUT2D eigenvalue weighted by Crippen LogP contribution is -2.66. The van der Waals surface area contributed by atoms with E-state index in [-0.39, 0.29) is 17.6 Å². The van der Waals surface area contributed by atoms with Crippen molar-refractivity contribution >= 4 is 30.2 Å². The van der Waals surface area contributed by atoms with E-state index in [1.54, 1.807) is 33.5 Å². The Morgan fingerprint density at radius 3 is 1.71 bits per heavy atom. The first-order valence-electron chi connectivity index (χ1n) is 16.7. The first kappa shape index (κ1) is 35.0. The molecule has 5 rings (SSSR count). The van der Waals surface area contributed by atoms with Crippen LogP contribution in [0.2, 0.25) is 5.04 Å². The molecule has 1 atom stereocenters. The van der Waals surface area contributed by atoms with Gasteiger partial charge in [0.15, 0.2) is 0 Å². The second-order valence-electron chi connectivity index (χ2n) is 13.1. The summed E-state index contributed by atoms with van der Waals surface area (Å²) in [4.78, 5) is 14.2. The van der Waals surface area contributed by atoms with Gasteiger partial charge in [-0.1, -0.05) is 112 Å². The van der Waals surface area contributed by atoms with Crippen LogP contribution in [0.4, 0.5) is 0 Å². The molecule has 1 aliphatic rings. The molecule has 4 aromatic carbocycles. The summed E-state index contributed by atoms with van der Waals surface area (Å²) in [5.41, 5.74) is 2.43. The molecule has 0 saturated carbocycles. The summed E-state index contributed by atoms with van der Waals surface area (Å²) < 4.78 is 30.4. The summed E-state index contributed by atoms with van der Waals surface area (Å²) in [6.07, 6.45) is 2.34. The van der Waals surface area contributed by atoms with Crippen molar-refractivity contribution in [1.29, 1.82) is 0 Å². The normalized spacial score (nSPS) is 16.0. The van der Waals surface area contributed by atoms with Crippen molar-refractivity contribution in [2.75, 3.05) is 34.5 Å². The molecule has 7 heteroatoms. The number of ether oxygens (including phenoxy) is 4. The molecule has 0 aromatic heterocycles. The molecule has 0 fully saturated rings. The summed E-state index contributed by atoms with van der Waals surface area (Å²) in [6, 6.07) is 35.1. The van der Waals surface area contributed by atoms with Crippen LogP contribution >= 0.6 is 0 Å². The summed E-state index contributed by atoms with van der Waals surface area (Å²) >= 11 is 0. The van der Waals surface area contributed by atoms with Crippen molar-refractivity contribution in [3.8, 4) is 17.2 Å². The molecule has 0 amide bonds. The van der Waals surface area contributed by atoms with E-state index in [2.05, 4.69) is 81.4 Å². The van der Waals surface area contributed by atoms with E-state index in [1.807, 2.05) is 37.3 Å². The zero-order chi connectivity index (χ0) is 34.4. The molecule has 0 saturated heterocycles. The fourth-order valence-corrected chi connectivity index (χ4v) is 11.9. The molecule has 0 spiro atoms. The fraction of sp³-hybridized carbons (Fsp3) is 0.341. The molecule has 6 nitrogen and oxygen atoms in total. The summed E-state index contributed by atoms with van der Waals surface area (Å²) in [7, 11) is 2.15. The van der Waals surface area contributed by atoms with Crippen LogP contribution in [0.15, 0.2) is 109 Å². The molecule has 48 heavy (non-hydrogen) atoms. The second kappa shape index (κ2) is 14.8. The van der Waals surface area contributed by atoms with E-state index >= 15 is 0 Å². The second-order valence-corrected chi connectivity index (χ2v) is 17.4. The fourth-order valence-electron chi connectivity index (χ4n) is 7.25. The number of esters is 1. The molecule has 252 valence electrons. The molecular formula is C41H48O6Si. The largest absolute Gasteiger partial charge is 0.496 e. The van der Waals surface area contributed by atoms with Crippen molar-refractivity contribution in [2.45, 2.75) is 57.4 Å². The number of carbonyl (C=O) groups is 1. The zero-order valence-electron chi connectivity index (χ0n) is 29.3. The quantitative estimate of drug-likeness (QED) is 0.0737. The summed E-state index contributed by atoms with van der Waals surface area (Å²) in [5, 5.41) is 2.43. The van der Waals surface area contributed by atoms with Crippen molar-refractivity contribution in [3.05, 3.63) is 120 Å². The smallest absolute Gasteiger partial charge is 0.325 e.